The second kappa shape index (κ2) is 7.75. The molecule has 0 fully saturated rings. The van der Waals surface area contributed by atoms with E-state index in [1.165, 1.54) is 0 Å². The van der Waals surface area contributed by atoms with Crippen LogP contribution in [0.2, 0.25) is 0 Å². The molecule has 1 aromatic carbocycles. The summed E-state index contributed by atoms with van der Waals surface area (Å²) in [7, 11) is 0. The van der Waals surface area contributed by atoms with E-state index in [9.17, 15) is 4.79 Å². The van der Waals surface area contributed by atoms with E-state index < -0.39 is 0 Å². The highest BCUT2D eigenvalue weighted by molar-refractivity contribution is 5.92. The van der Waals surface area contributed by atoms with E-state index in [1.807, 2.05) is 42.5 Å². The number of nitrogens with one attached hydrogen (secondary N) is 1. The fourth-order valence-electron chi connectivity index (χ4n) is 2.69. The highest BCUT2D eigenvalue weighted by Crippen LogP contribution is 2.22. The Bertz CT molecular complexity index is 813. The summed E-state index contributed by atoms with van der Waals surface area (Å²) >= 11 is 0. The summed E-state index contributed by atoms with van der Waals surface area (Å²) in [6.45, 7) is 4.25. The highest BCUT2D eigenvalue weighted by atomic mass is 16.5. The van der Waals surface area contributed by atoms with Crippen LogP contribution in [0.25, 0.3) is 11.3 Å². The molecule has 0 saturated heterocycles. The summed E-state index contributed by atoms with van der Waals surface area (Å²) < 4.78 is 5.24. The van der Waals surface area contributed by atoms with Crippen LogP contribution in [0.3, 0.4) is 0 Å². The Morgan fingerprint density at radius 1 is 1.16 bits per heavy atom. The van der Waals surface area contributed by atoms with Gasteiger partial charge >= 0.3 is 0 Å². The molecule has 1 N–H and O–H groups in total. The van der Waals surface area contributed by atoms with Crippen molar-refractivity contribution in [1.82, 2.24) is 15.5 Å². The van der Waals surface area contributed by atoms with Gasteiger partial charge in [0.15, 0.2) is 0 Å². The lowest BCUT2D eigenvalue weighted by molar-refractivity contribution is 0.0894. The summed E-state index contributed by atoms with van der Waals surface area (Å²) in [5, 5.41) is 7.03. The maximum absolute atomic E-state index is 12.6. The van der Waals surface area contributed by atoms with Crippen LogP contribution in [0.5, 0.6) is 0 Å². The summed E-state index contributed by atoms with van der Waals surface area (Å²) in [5.74, 6) is 0.362. The molecule has 1 amide bonds. The van der Waals surface area contributed by atoms with Gasteiger partial charge in [0.05, 0.1) is 6.04 Å². The lowest BCUT2D eigenvalue weighted by Gasteiger charge is -2.20. The Morgan fingerprint density at radius 2 is 1.96 bits per heavy atom. The van der Waals surface area contributed by atoms with Gasteiger partial charge in [-0.15, -0.1) is 0 Å². The summed E-state index contributed by atoms with van der Waals surface area (Å²) in [6, 6.07) is 15.0. The zero-order valence-corrected chi connectivity index (χ0v) is 14.3. The van der Waals surface area contributed by atoms with Crippen molar-refractivity contribution < 1.29 is 9.32 Å². The topological polar surface area (TPSA) is 68.0 Å². The molecule has 0 aliphatic carbocycles. The molecule has 0 aliphatic heterocycles. The Kier molecular flexibility index (Phi) is 5.23. The highest BCUT2D eigenvalue weighted by Gasteiger charge is 2.20. The minimum atomic E-state index is -0.274. The van der Waals surface area contributed by atoms with E-state index >= 15 is 0 Å². The first-order valence-corrected chi connectivity index (χ1v) is 8.36. The fourth-order valence-corrected chi connectivity index (χ4v) is 2.69. The van der Waals surface area contributed by atoms with Gasteiger partial charge in [-0.25, -0.2) is 0 Å². The van der Waals surface area contributed by atoms with Gasteiger partial charge in [-0.3, -0.25) is 9.78 Å². The van der Waals surface area contributed by atoms with Crippen LogP contribution in [0.1, 0.15) is 42.4 Å². The largest absolute Gasteiger partial charge is 0.350 e. The third-order valence-corrected chi connectivity index (χ3v) is 3.90. The molecule has 0 spiro atoms. The minimum absolute atomic E-state index is 0.119. The zero-order valence-electron chi connectivity index (χ0n) is 14.3. The Morgan fingerprint density at radius 3 is 2.64 bits per heavy atom. The lowest BCUT2D eigenvalue weighted by atomic mass is 9.98. The lowest BCUT2D eigenvalue weighted by Crippen LogP contribution is -2.29. The quantitative estimate of drug-likeness (QED) is 0.731. The average Bonchev–Trinajstić information content (AvgIpc) is 3.12. The summed E-state index contributed by atoms with van der Waals surface area (Å²) in [6.07, 6.45) is 4.32. The number of rotatable bonds is 6. The van der Waals surface area contributed by atoms with E-state index in [0.717, 1.165) is 17.5 Å². The van der Waals surface area contributed by atoms with Gasteiger partial charge in [0.1, 0.15) is 5.69 Å². The van der Waals surface area contributed by atoms with E-state index in [-0.39, 0.29) is 17.7 Å². The van der Waals surface area contributed by atoms with Gasteiger partial charge in [0.2, 0.25) is 5.76 Å². The van der Waals surface area contributed by atoms with Crippen molar-refractivity contribution in [2.24, 2.45) is 5.92 Å². The second-order valence-electron chi connectivity index (χ2n) is 6.38. The standard InChI is InChI=1S/C20H21N3O2/c1-14(2)11-17(16-9-6-10-21-13-16)22-20(24)19-12-18(23-25-19)15-7-4-3-5-8-15/h3-10,12-14,17H,11H2,1-2H3,(H,22,24). The van der Waals surface area contributed by atoms with Crippen molar-refractivity contribution in [3.8, 4) is 11.3 Å². The molecule has 2 aromatic heterocycles. The fraction of sp³-hybridized carbons (Fsp3) is 0.250. The molecule has 1 unspecified atom stereocenters. The number of pyridine rings is 1. The van der Waals surface area contributed by atoms with Crippen LogP contribution in [0.15, 0.2) is 65.4 Å². The Labute approximate surface area is 147 Å². The van der Waals surface area contributed by atoms with Crippen LogP contribution in [-0.4, -0.2) is 16.0 Å². The van der Waals surface area contributed by atoms with Crippen LogP contribution in [0, 0.1) is 5.92 Å². The predicted octanol–water partition coefficient (Wildman–Crippen LogP) is 4.25. The normalized spacial score (nSPS) is 12.1. The number of carbonyl (C=O) groups is 1. The molecule has 0 bridgehead atoms. The maximum Gasteiger partial charge on any atom is 0.290 e. The molecule has 3 aromatic rings. The van der Waals surface area contributed by atoms with Crippen molar-refractivity contribution in [3.05, 3.63) is 72.2 Å². The molecule has 5 heteroatoms. The first-order valence-electron chi connectivity index (χ1n) is 8.36. The van der Waals surface area contributed by atoms with Gasteiger partial charge in [-0.1, -0.05) is 55.4 Å². The smallest absolute Gasteiger partial charge is 0.290 e. The molecule has 5 nitrogen and oxygen atoms in total. The molecule has 0 aliphatic rings. The van der Waals surface area contributed by atoms with Crippen molar-refractivity contribution in [2.45, 2.75) is 26.3 Å². The van der Waals surface area contributed by atoms with Gasteiger partial charge in [0.25, 0.3) is 5.91 Å². The molecular weight excluding hydrogens is 314 g/mol. The van der Waals surface area contributed by atoms with Crippen LogP contribution >= 0.6 is 0 Å². The van der Waals surface area contributed by atoms with Gasteiger partial charge in [-0.2, -0.15) is 0 Å². The Hall–Kier alpha value is -2.95. The monoisotopic (exact) mass is 335 g/mol. The number of carbonyl (C=O) groups excluding carboxylic acids is 1. The van der Waals surface area contributed by atoms with Crippen LogP contribution < -0.4 is 5.32 Å². The zero-order chi connectivity index (χ0) is 17.6. The minimum Gasteiger partial charge on any atom is -0.350 e. The summed E-state index contributed by atoms with van der Waals surface area (Å²) in [5.41, 5.74) is 2.54. The first-order chi connectivity index (χ1) is 12.1. The number of amides is 1. The molecule has 128 valence electrons. The van der Waals surface area contributed by atoms with E-state index in [4.69, 9.17) is 4.52 Å². The average molecular weight is 335 g/mol. The molecule has 0 radical (unpaired) electrons. The molecule has 3 rings (SSSR count). The second-order valence-corrected chi connectivity index (χ2v) is 6.38. The van der Waals surface area contributed by atoms with Gasteiger partial charge in [-0.05, 0) is 24.0 Å². The maximum atomic E-state index is 12.6. The van der Waals surface area contributed by atoms with Crippen molar-refractivity contribution in [2.75, 3.05) is 0 Å². The third kappa shape index (κ3) is 4.32. The number of nitrogens with zero attached hydrogens (tertiary/aromatic N) is 2. The molecule has 1 atom stereocenters. The molecular formula is C20H21N3O2. The number of benzene rings is 1. The first kappa shape index (κ1) is 16.9. The van der Waals surface area contributed by atoms with E-state index in [1.54, 1.807) is 18.5 Å². The molecule has 0 saturated carbocycles. The van der Waals surface area contributed by atoms with Crippen molar-refractivity contribution in [1.29, 1.82) is 0 Å². The van der Waals surface area contributed by atoms with E-state index in [2.05, 4.69) is 29.3 Å². The molecule has 2 heterocycles. The molecule has 25 heavy (non-hydrogen) atoms. The SMILES string of the molecule is CC(C)CC(NC(=O)c1cc(-c2ccccc2)no1)c1cccnc1. The summed E-state index contributed by atoms with van der Waals surface area (Å²) in [4.78, 5) is 16.7. The number of aromatic nitrogens is 2. The number of hydrogen-bond acceptors (Lipinski definition) is 4. The van der Waals surface area contributed by atoms with Gasteiger partial charge < -0.3 is 9.84 Å². The van der Waals surface area contributed by atoms with Gasteiger partial charge in [0, 0.05) is 24.0 Å². The van der Waals surface area contributed by atoms with Crippen molar-refractivity contribution >= 4 is 5.91 Å². The van der Waals surface area contributed by atoms with Crippen LogP contribution in [0.4, 0.5) is 0 Å². The van der Waals surface area contributed by atoms with E-state index in [0.29, 0.717) is 11.6 Å². The third-order valence-electron chi connectivity index (χ3n) is 3.90. The van der Waals surface area contributed by atoms with Crippen LogP contribution in [-0.2, 0) is 0 Å². The predicted molar refractivity (Wildman–Crippen MR) is 95.8 cm³/mol. The Balaban J connectivity index is 1.77. The number of hydrogen-bond donors (Lipinski definition) is 1. The van der Waals surface area contributed by atoms with Crippen molar-refractivity contribution in [3.63, 3.8) is 0 Å².